The Morgan fingerprint density at radius 2 is 1.95 bits per heavy atom. The number of ether oxygens (including phenoxy) is 1. The monoisotopic (exact) mass is 279 g/mol. The van der Waals surface area contributed by atoms with Crippen LogP contribution in [0.4, 0.5) is 0 Å². The Hall–Kier alpha value is -1.45. The number of furan rings is 1. The molecule has 1 heterocycles. The van der Waals surface area contributed by atoms with Crippen LogP contribution in [0.1, 0.15) is 22.5 Å². The first-order valence-electron chi connectivity index (χ1n) is 6.21. The van der Waals surface area contributed by atoms with Crippen molar-refractivity contribution in [3.05, 3.63) is 51.9 Å². The van der Waals surface area contributed by atoms with Gasteiger partial charge in [0.15, 0.2) is 0 Å². The van der Waals surface area contributed by atoms with E-state index in [0.29, 0.717) is 6.61 Å². The molecule has 0 unspecified atom stereocenters. The van der Waals surface area contributed by atoms with Crippen molar-refractivity contribution in [1.82, 2.24) is 5.32 Å². The molecule has 0 fully saturated rings. The molecule has 1 aromatic carbocycles. The fraction of sp³-hybridized carbons (Fsp3) is 0.333. The number of rotatable bonds is 5. The molecule has 1 aromatic heterocycles. The second-order valence-corrected chi connectivity index (χ2v) is 4.99. The Labute approximate surface area is 118 Å². The Balaban J connectivity index is 2.12. The van der Waals surface area contributed by atoms with E-state index in [1.807, 2.05) is 39.1 Å². The minimum absolute atomic E-state index is 0.424. The maximum atomic E-state index is 6.01. The van der Waals surface area contributed by atoms with Crippen LogP contribution in [0.2, 0.25) is 5.02 Å². The Morgan fingerprint density at radius 3 is 2.58 bits per heavy atom. The van der Waals surface area contributed by atoms with Crippen LogP contribution in [-0.2, 0) is 13.2 Å². The quantitative estimate of drug-likeness (QED) is 0.903. The summed E-state index contributed by atoms with van der Waals surface area (Å²) in [4.78, 5) is 0. The van der Waals surface area contributed by atoms with E-state index in [0.717, 1.165) is 39.8 Å². The lowest BCUT2D eigenvalue weighted by Gasteiger charge is -2.12. The van der Waals surface area contributed by atoms with E-state index in [2.05, 4.69) is 5.32 Å². The van der Waals surface area contributed by atoms with Gasteiger partial charge in [-0.15, -0.1) is 0 Å². The lowest BCUT2D eigenvalue weighted by atomic mass is 10.1. The van der Waals surface area contributed by atoms with Gasteiger partial charge in [0.05, 0.1) is 6.26 Å². The molecule has 0 atom stereocenters. The average Bonchev–Trinajstić information content (AvgIpc) is 2.76. The molecule has 0 radical (unpaired) electrons. The molecular weight excluding hydrogens is 262 g/mol. The van der Waals surface area contributed by atoms with E-state index >= 15 is 0 Å². The number of hydrogen-bond acceptors (Lipinski definition) is 3. The molecule has 102 valence electrons. The van der Waals surface area contributed by atoms with Crippen molar-refractivity contribution >= 4 is 11.6 Å². The van der Waals surface area contributed by atoms with Crippen LogP contribution in [0.25, 0.3) is 0 Å². The fourth-order valence-electron chi connectivity index (χ4n) is 2.10. The summed E-state index contributed by atoms with van der Waals surface area (Å²) in [5.41, 5.74) is 3.19. The van der Waals surface area contributed by atoms with Crippen molar-refractivity contribution in [1.29, 1.82) is 0 Å². The fourth-order valence-corrected chi connectivity index (χ4v) is 2.43. The van der Waals surface area contributed by atoms with Gasteiger partial charge in [0.1, 0.15) is 18.1 Å². The topological polar surface area (TPSA) is 34.4 Å². The molecule has 4 heteroatoms. The highest BCUT2D eigenvalue weighted by Crippen LogP contribution is 2.28. The van der Waals surface area contributed by atoms with Gasteiger partial charge in [-0.05, 0) is 50.2 Å². The number of benzene rings is 1. The highest BCUT2D eigenvalue weighted by molar-refractivity contribution is 6.30. The lowest BCUT2D eigenvalue weighted by Crippen LogP contribution is -2.07. The van der Waals surface area contributed by atoms with Crippen LogP contribution in [0, 0.1) is 13.8 Å². The van der Waals surface area contributed by atoms with Crippen LogP contribution in [0.15, 0.2) is 28.9 Å². The van der Waals surface area contributed by atoms with Gasteiger partial charge in [-0.1, -0.05) is 11.6 Å². The Bertz CT molecular complexity index is 540. The first-order chi connectivity index (χ1) is 9.11. The highest BCUT2D eigenvalue weighted by atomic mass is 35.5. The van der Waals surface area contributed by atoms with Crippen LogP contribution >= 0.6 is 11.6 Å². The predicted molar refractivity (Wildman–Crippen MR) is 76.7 cm³/mol. The van der Waals surface area contributed by atoms with Gasteiger partial charge >= 0.3 is 0 Å². The summed E-state index contributed by atoms with van der Waals surface area (Å²) < 4.78 is 11.3. The maximum Gasteiger partial charge on any atom is 0.146 e. The second-order valence-electron chi connectivity index (χ2n) is 4.56. The maximum absolute atomic E-state index is 6.01. The molecule has 0 saturated carbocycles. The number of hydrogen-bond donors (Lipinski definition) is 1. The summed E-state index contributed by atoms with van der Waals surface area (Å²) in [7, 11) is 1.91. The third kappa shape index (κ3) is 3.31. The molecule has 19 heavy (non-hydrogen) atoms. The summed E-state index contributed by atoms with van der Waals surface area (Å²) in [6.45, 7) is 5.18. The highest BCUT2D eigenvalue weighted by Gasteiger charge is 2.10. The summed E-state index contributed by atoms with van der Waals surface area (Å²) in [6, 6.07) is 5.76. The Morgan fingerprint density at radius 1 is 1.26 bits per heavy atom. The van der Waals surface area contributed by atoms with Gasteiger partial charge in [-0.3, -0.25) is 0 Å². The molecule has 1 N–H and O–H groups in total. The normalized spacial score (nSPS) is 10.7. The van der Waals surface area contributed by atoms with Gasteiger partial charge in [0.25, 0.3) is 0 Å². The van der Waals surface area contributed by atoms with E-state index in [1.165, 1.54) is 0 Å². The van der Waals surface area contributed by atoms with Crippen LogP contribution in [0.5, 0.6) is 5.75 Å². The van der Waals surface area contributed by atoms with E-state index in [-0.39, 0.29) is 0 Å². The standard InChI is InChI=1S/C15H18ClNO2/c1-10-6-13(16)7-11(2)15(10)19-9-14-12(8-17-3)4-5-18-14/h4-7,17H,8-9H2,1-3H3. The zero-order valence-corrected chi connectivity index (χ0v) is 12.2. The van der Waals surface area contributed by atoms with Gasteiger partial charge in [-0.25, -0.2) is 0 Å². The lowest BCUT2D eigenvalue weighted by molar-refractivity contribution is 0.265. The van der Waals surface area contributed by atoms with E-state index < -0.39 is 0 Å². The van der Waals surface area contributed by atoms with Gasteiger partial charge in [0.2, 0.25) is 0 Å². The zero-order chi connectivity index (χ0) is 13.8. The summed E-state index contributed by atoms with van der Waals surface area (Å²) >= 11 is 6.01. The zero-order valence-electron chi connectivity index (χ0n) is 11.4. The third-order valence-electron chi connectivity index (χ3n) is 2.98. The molecule has 0 aliphatic rings. The largest absolute Gasteiger partial charge is 0.485 e. The molecule has 0 aliphatic heterocycles. The summed E-state index contributed by atoms with van der Waals surface area (Å²) in [5.74, 6) is 1.72. The summed E-state index contributed by atoms with van der Waals surface area (Å²) in [5, 5.41) is 3.84. The van der Waals surface area contributed by atoms with Crippen LogP contribution in [-0.4, -0.2) is 7.05 Å². The molecule has 2 rings (SSSR count). The SMILES string of the molecule is CNCc1ccoc1COc1c(C)cc(Cl)cc1C. The van der Waals surface area contributed by atoms with Crippen molar-refractivity contribution in [2.75, 3.05) is 7.05 Å². The van der Waals surface area contributed by atoms with Crippen LogP contribution < -0.4 is 10.1 Å². The summed E-state index contributed by atoms with van der Waals surface area (Å²) in [6.07, 6.45) is 1.69. The average molecular weight is 280 g/mol. The second kappa shape index (κ2) is 6.13. The molecule has 0 saturated heterocycles. The van der Waals surface area contributed by atoms with Gasteiger partial charge < -0.3 is 14.5 Å². The Kier molecular flexibility index (Phi) is 4.51. The molecular formula is C15H18ClNO2. The predicted octanol–water partition coefficient (Wildman–Crippen LogP) is 3.85. The number of nitrogens with one attached hydrogen (secondary N) is 1. The van der Waals surface area contributed by atoms with Crippen molar-refractivity contribution in [2.45, 2.75) is 27.0 Å². The third-order valence-corrected chi connectivity index (χ3v) is 3.20. The minimum Gasteiger partial charge on any atom is -0.485 e. The molecule has 0 bridgehead atoms. The van der Waals surface area contributed by atoms with Crippen LogP contribution in [0.3, 0.4) is 0 Å². The first-order valence-corrected chi connectivity index (χ1v) is 6.59. The van der Waals surface area contributed by atoms with Crippen molar-refractivity contribution in [3.8, 4) is 5.75 Å². The molecule has 0 aliphatic carbocycles. The number of halogens is 1. The molecule has 2 aromatic rings. The smallest absolute Gasteiger partial charge is 0.146 e. The first kappa shape index (κ1) is 14.0. The van der Waals surface area contributed by atoms with Gasteiger partial charge in [-0.2, -0.15) is 0 Å². The molecule has 0 spiro atoms. The molecule has 0 amide bonds. The molecule has 3 nitrogen and oxygen atoms in total. The van der Waals surface area contributed by atoms with Crippen molar-refractivity contribution in [2.24, 2.45) is 0 Å². The van der Waals surface area contributed by atoms with E-state index in [1.54, 1.807) is 6.26 Å². The van der Waals surface area contributed by atoms with Crippen molar-refractivity contribution < 1.29 is 9.15 Å². The van der Waals surface area contributed by atoms with E-state index in [4.69, 9.17) is 20.8 Å². The van der Waals surface area contributed by atoms with Gasteiger partial charge in [0, 0.05) is 17.1 Å². The number of aryl methyl sites for hydroxylation is 2. The minimum atomic E-state index is 0.424. The van der Waals surface area contributed by atoms with Crippen molar-refractivity contribution in [3.63, 3.8) is 0 Å². The van der Waals surface area contributed by atoms with E-state index in [9.17, 15) is 0 Å².